The zero-order chi connectivity index (χ0) is 14.4. The molecule has 0 amide bonds. The van der Waals surface area contributed by atoms with E-state index in [9.17, 15) is 0 Å². The second-order valence-electron chi connectivity index (χ2n) is 6.38. The lowest BCUT2D eigenvalue weighted by Crippen LogP contribution is -2.34. The number of hydrogen-bond donors (Lipinski definition) is 1. The van der Waals surface area contributed by atoms with Crippen LogP contribution in [0.4, 0.5) is 0 Å². The van der Waals surface area contributed by atoms with Crippen molar-refractivity contribution in [3.8, 4) is 5.75 Å². The van der Waals surface area contributed by atoms with Crippen molar-refractivity contribution in [1.29, 1.82) is 0 Å². The van der Waals surface area contributed by atoms with E-state index in [0.29, 0.717) is 6.04 Å². The molecule has 1 N–H and O–H groups in total. The van der Waals surface area contributed by atoms with E-state index >= 15 is 0 Å². The van der Waals surface area contributed by atoms with Crippen LogP contribution < -0.4 is 10.1 Å². The first-order valence-corrected chi connectivity index (χ1v) is 8.14. The molecule has 0 aromatic heterocycles. The molecule has 1 atom stereocenters. The quantitative estimate of drug-likeness (QED) is 0.823. The Hall–Kier alpha value is -1.02. The third-order valence-corrected chi connectivity index (χ3v) is 4.28. The number of benzene rings is 1. The molecule has 0 radical (unpaired) electrons. The second-order valence-corrected chi connectivity index (χ2v) is 6.38. The minimum atomic E-state index is 0.241. The second kappa shape index (κ2) is 7.68. The van der Waals surface area contributed by atoms with Crippen LogP contribution in [0.15, 0.2) is 24.3 Å². The summed E-state index contributed by atoms with van der Waals surface area (Å²) in [6, 6.07) is 9.10. The van der Waals surface area contributed by atoms with Crippen molar-refractivity contribution in [3.05, 3.63) is 29.8 Å². The number of rotatable bonds is 6. The third kappa shape index (κ3) is 4.82. The molecule has 2 rings (SSSR count). The van der Waals surface area contributed by atoms with Gasteiger partial charge in [0.15, 0.2) is 0 Å². The van der Waals surface area contributed by atoms with Crippen molar-refractivity contribution in [1.82, 2.24) is 5.32 Å². The van der Waals surface area contributed by atoms with Crippen LogP contribution in [0.25, 0.3) is 0 Å². The summed E-state index contributed by atoms with van der Waals surface area (Å²) in [7, 11) is 0. The van der Waals surface area contributed by atoms with Gasteiger partial charge in [-0.3, -0.25) is 0 Å². The van der Waals surface area contributed by atoms with Gasteiger partial charge in [-0.2, -0.15) is 0 Å². The van der Waals surface area contributed by atoms with Crippen LogP contribution >= 0.6 is 0 Å². The van der Waals surface area contributed by atoms with E-state index in [4.69, 9.17) is 4.74 Å². The summed E-state index contributed by atoms with van der Waals surface area (Å²) in [6.45, 7) is 7.41. The van der Waals surface area contributed by atoms with Gasteiger partial charge in [0, 0.05) is 12.6 Å². The highest BCUT2D eigenvalue weighted by Crippen LogP contribution is 2.26. The van der Waals surface area contributed by atoms with Crippen LogP contribution in [0.2, 0.25) is 0 Å². The van der Waals surface area contributed by atoms with Crippen molar-refractivity contribution in [2.24, 2.45) is 5.92 Å². The molecule has 1 aromatic rings. The average molecular weight is 275 g/mol. The Morgan fingerprint density at radius 2 is 1.70 bits per heavy atom. The van der Waals surface area contributed by atoms with E-state index in [1.54, 1.807) is 0 Å². The smallest absolute Gasteiger partial charge is 0.119 e. The Bertz CT molecular complexity index is 379. The van der Waals surface area contributed by atoms with Crippen LogP contribution in [0, 0.1) is 5.92 Å². The molecule has 1 fully saturated rings. The van der Waals surface area contributed by atoms with Crippen LogP contribution in [0.1, 0.15) is 58.4 Å². The highest BCUT2D eigenvalue weighted by molar-refractivity contribution is 5.27. The van der Waals surface area contributed by atoms with E-state index in [2.05, 4.69) is 50.4 Å². The van der Waals surface area contributed by atoms with Gasteiger partial charge in [-0.25, -0.2) is 0 Å². The van der Waals surface area contributed by atoms with Crippen molar-refractivity contribution in [2.45, 2.75) is 71.6 Å². The minimum Gasteiger partial charge on any atom is -0.491 e. The fraction of sp³-hybridized carbons (Fsp3) is 0.667. The molecule has 112 valence electrons. The van der Waals surface area contributed by atoms with Crippen LogP contribution in [0.3, 0.4) is 0 Å². The first kappa shape index (κ1) is 15.4. The fourth-order valence-electron chi connectivity index (χ4n) is 3.04. The number of nitrogens with one attached hydrogen (secondary N) is 1. The van der Waals surface area contributed by atoms with Gasteiger partial charge in [0.2, 0.25) is 0 Å². The van der Waals surface area contributed by atoms with Crippen LogP contribution in [-0.2, 0) is 6.54 Å². The summed E-state index contributed by atoms with van der Waals surface area (Å²) >= 11 is 0. The van der Waals surface area contributed by atoms with Crippen molar-refractivity contribution >= 4 is 0 Å². The zero-order valence-corrected chi connectivity index (χ0v) is 13.2. The summed E-state index contributed by atoms with van der Waals surface area (Å²) in [5, 5.41) is 3.69. The molecular weight excluding hydrogens is 246 g/mol. The Labute approximate surface area is 123 Å². The maximum absolute atomic E-state index is 5.67. The third-order valence-electron chi connectivity index (χ3n) is 4.28. The van der Waals surface area contributed by atoms with Gasteiger partial charge in [0.1, 0.15) is 5.75 Å². The Kier molecular flexibility index (Phi) is 5.90. The zero-order valence-electron chi connectivity index (χ0n) is 13.2. The van der Waals surface area contributed by atoms with E-state index in [0.717, 1.165) is 18.2 Å². The summed E-state index contributed by atoms with van der Waals surface area (Å²) in [5.41, 5.74) is 1.34. The molecule has 0 heterocycles. The van der Waals surface area contributed by atoms with Crippen molar-refractivity contribution in [2.75, 3.05) is 0 Å². The molecule has 0 bridgehead atoms. The van der Waals surface area contributed by atoms with E-state index in [1.165, 1.54) is 37.7 Å². The SMILES string of the molecule is CC(C)Oc1ccc(CN[C@@H](C)C2CCCCC2)cc1. The molecule has 1 aromatic carbocycles. The fourth-order valence-corrected chi connectivity index (χ4v) is 3.04. The van der Waals surface area contributed by atoms with Gasteiger partial charge < -0.3 is 10.1 Å². The lowest BCUT2D eigenvalue weighted by Gasteiger charge is -2.28. The first-order valence-electron chi connectivity index (χ1n) is 8.14. The van der Waals surface area contributed by atoms with Gasteiger partial charge in [-0.05, 0) is 57.2 Å². The topological polar surface area (TPSA) is 21.3 Å². The first-order chi connectivity index (χ1) is 9.65. The molecule has 1 aliphatic carbocycles. The summed E-state index contributed by atoms with van der Waals surface area (Å²) in [4.78, 5) is 0. The van der Waals surface area contributed by atoms with Gasteiger partial charge in [0.25, 0.3) is 0 Å². The predicted octanol–water partition coefficient (Wildman–Crippen LogP) is 4.53. The molecule has 1 aliphatic rings. The molecule has 0 unspecified atom stereocenters. The molecule has 20 heavy (non-hydrogen) atoms. The van der Waals surface area contributed by atoms with Crippen molar-refractivity contribution in [3.63, 3.8) is 0 Å². The maximum Gasteiger partial charge on any atom is 0.119 e. The lowest BCUT2D eigenvalue weighted by molar-refractivity contribution is 0.242. The average Bonchev–Trinajstić information content (AvgIpc) is 2.46. The van der Waals surface area contributed by atoms with E-state index in [-0.39, 0.29) is 6.10 Å². The monoisotopic (exact) mass is 275 g/mol. The van der Waals surface area contributed by atoms with Gasteiger partial charge in [-0.1, -0.05) is 31.4 Å². The summed E-state index contributed by atoms with van der Waals surface area (Å²) in [6.07, 6.45) is 7.30. The molecule has 0 aliphatic heterocycles. The van der Waals surface area contributed by atoms with E-state index in [1.807, 2.05) is 0 Å². The van der Waals surface area contributed by atoms with E-state index < -0.39 is 0 Å². The van der Waals surface area contributed by atoms with Gasteiger partial charge >= 0.3 is 0 Å². The maximum atomic E-state index is 5.67. The van der Waals surface area contributed by atoms with Gasteiger partial charge in [0.05, 0.1) is 6.10 Å². The molecule has 0 saturated heterocycles. The lowest BCUT2D eigenvalue weighted by atomic mass is 9.84. The molecule has 0 spiro atoms. The Morgan fingerprint density at radius 1 is 1.05 bits per heavy atom. The number of hydrogen-bond acceptors (Lipinski definition) is 2. The standard InChI is InChI=1S/C18H29NO/c1-14(2)20-18-11-9-16(10-12-18)13-19-15(3)17-7-5-4-6-8-17/h9-12,14-15,17,19H,4-8,13H2,1-3H3/t15-/m0/s1. The largest absolute Gasteiger partial charge is 0.491 e. The highest BCUT2D eigenvalue weighted by Gasteiger charge is 2.19. The predicted molar refractivity (Wildman–Crippen MR) is 85.1 cm³/mol. The Balaban J connectivity index is 1.78. The van der Waals surface area contributed by atoms with Crippen LogP contribution in [-0.4, -0.2) is 12.1 Å². The van der Waals surface area contributed by atoms with Gasteiger partial charge in [-0.15, -0.1) is 0 Å². The molecule has 1 saturated carbocycles. The highest BCUT2D eigenvalue weighted by atomic mass is 16.5. The molecule has 2 heteroatoms. The minimum absolute atomic E-state index is 0.241. The van der Waals surface area contributed by atoms with Crippen LogP contribution in [0.5, 0.6) is 5.75 Å². The summed E-state index contributed by atoms with van der Waals surface area (Å²) in [5.74, 6) is 1.83. The Morgan fingerprint density at radius 3 is 2.30 bits per heavy atom. The molecular formula is C18H29NO. The summed E-state index contributed by atoms with van der Waals surface area (Å²) < 4.78 is 5.67. The van der Waals surface area contributed by atoms with Crippen molar-refractivity contribution < 1.29 is 4.74 Å². The normalized spacial score (nSPS) is 18.2. The molecule has 2 nitrogen and oxygen atoms in total. The number of ether oxygens (including phenoxy) is 1.